The van der Waals surface area contributed by atoms with Gasteiger partial charge < -0.3 is 10.4 Å². The van der Waals surface area contributed by atoms with Crippen molar-refractivity contribution in [1.82, 2.24) is 5.32 Å². The number of amides is 1. The molecule has 0 aromatic heterocycles. The monoisotopic (exact) mass is 641 g/mol. The summed E-state index contributed by atoms with van der Waals surface area (Å²) in [6.07, 6.45) is 14.1. The molecule has 246 valence electrons. The van der Waals surface area contributed by atoms with Crippen molar-refractivity contribution in [1.29, 1.82) is 0 Å². The van der Waals surface area contributed by atoms with Crippen LogP contribution in [0.3, 0.4) is 0 Å². The zero-order valence-electron chi connectivity index (χ0n) is 28.4. The number of carbonyl (C=O) groups is 2. The predicted octanol–water partition coefficient (Wildman–Crippen LogP) is 10.2. The molecule has 1 amide bonds. The molecule has 2 aromatic carbocycles. The topological polar surface area (TPSA) is 66.4 Å². The number of nitrogens with one attached hydrogen (secondary N) is 1. The summed E-state index contributed by atoms with van der Waals surface area (Å²) in [4.78, 5) is 25.6. The first-order valence-electron chi connectivity index (χ1n) is 17.8. The van der Waals surface area contributed by atoms with Crippen molar-refractivity contribution < 1.29 is 14.7 Å². The molecule has 4 nitrogen and oxygen atoms in total. The maximum absolute atomic E-state index is 14.1. The number of benzene rings is 2. The summed E-state index contributed by atoms with van der Waals surface area (Å²) in [5.74, 6) is 1.72. The molecule has 0 saturated heterocycles. The predicted molar refractivity (Wildman–Crippen MR) is 185 cm³/mol. The number of carboxylic acids is 1. The van der Waals surface area contributed by atoms with Crippen LogP contribution in [0.25, 0.3) is 5.57 Å². The fourth-order valence-corrected chi connectivity index (χ4v) is 12.9. The second-order valence-corrected chi connectivity index (χ2v) is 17.5. The van der Waals surface area contributed by atoms with E-state index in [1.54, 1.807) is 12.1 Å². The van der Waals surface area contributed by atoms with Crippen LogP contribution in [0, 0.1) is 50.7 Å². The lowest BCUT2D eigenvalue weighted by Gasteiger charge is -2.72. The lowest BCUT2D eigenvalue weighted by atomic mass is 9.32. The van der Waals surface area contributed by atoms with Crippen LogP contribution in [0.15, 0.2) is 54.6 Å². The lowest BCUT2D eigenvalue weighted by molar-refractivity contribution is -0.222. The number of hydrogen-bond donors (Lipinski definition) is 2. The molecular weight excluding hydrogens is 590 g/mol. The van der Waals surface area contributed by atoms with E-state index in [0.717, 1.165) is 36.3 Å². The molecule has 0 radical (unpaired) electrons. The molecule has 0 unspecified atom stereocenters. The number of carboxylic acid groups (broad SMARTS) is 1. The SMILES string of the molecule is CC1(C)C(c2ccc(C(=O)O)cc2)=CC[C@]2(C)[C@H]3CC[C@@H]4[C@H]5CCC[C@]5(C(=O)NCc5ccc(Cl)cc5)CC[C@@]4(C)[C@]3(C)CC[C@@H]12. The molecule has 0 bridgehead atoms. The molecule has 2 N–H and O–H groups in total. The lowest BCUT2D eigenvalue weighted by Crippen LogP contribution is -2.65. The number of aromatic carboxylic acids is 1. The van der Waals surface area contributed by atoms with Gasteiger partial charge in [0.15, 0.2) is 0 Å². The fourth-order valence-electron chi connectivity index (χ4n) is 12.8. The Morgan fingerprint density at radius 3 is 2.22 bits per heavy atom. The molecule has 0 spiro atoms. The molecule has 5 aliphatic rings. The molecule has 46 heavy (non-hydrogen) atoms. The molecule has 7 rings (SSSR count). The van der Waals surface area contributed by atoms with Crippen molar-refractivity contribution in [2.45, 2.75) is 105 Å². The number of rotatable bonds is 5. The second-order valence-electron chi connectivity index (χ2n) is 17.1. The van der Waals surface area contributed by atoms with Crippen LogP contribution in [0.5, 0.6) is 0 Å². The number of hydrogen-bond acceptors (Lipinski definition) is 2. The van der Waals surface area contributed by atoms with Gasteiger partial charge in [0.05, 0.1) is 11.0 Å². The average molecular weight is 642 g/mol. The Bertz CT molecular complexity index is 1560. The third-order valence-corrected chi connectivity index (χ3v) is 15.5. The van der Waals surface area contributed by atoms with Gasteiger partial charge in [-0.3, -0.25) is 4.79 Å². The summed E-state index contributed by atoms with van der Waals surface area (Å²) in [5, 5.41) is 13.6. The van der Waals surface area contributed by atoms with Gasteiger partial charge >= 0.3 is 5.97 Å². The Balaban J connectivity index is 1.15. The first kappa shape index (κ1) is 32.0. The minimum atomic E-state index is -0.872. The number of allylic oxidation sites excluding steroid dienone is 2. The third kappa shape index (κ3) is 4.51. The zero-order chi connectivity index (χ0) is 32.7. The minimum Gasteiger partial charge on any atom is -0.478 e. The van der Waals surface area contributed by atoms with Gasteiger partial charge in [-0.25, -0.2) is 4.79 Å². The Kier molecular flexibility index (Phi) is 7.63. The fraction of sp³-hybridized carbons (Fsp3) is 0.610. The van der Waals surface area contributed by atoms with Crippen LogP contribution >= 0.6 is 11.6 Å². The Labute approximate surface area is 280 Å². The highest BCUT2D eigenvalue weighted by atomic mass is 35.5. The minimum absolute atomic E-state index is 0.00612. The van der Waals surface area contributed by atoms with E-state index in [2.05, 4.69) is 46.0 Å². The van der Waals surface area contributed by atoms with Crippen LogP contribution < -0.4 is 5.32 Å². The summed E-state index contributed by atoms with van der Waals surface area (Å²) in [5.41, 5.74) is 4.49. The number of halogens is 1. The molecule has 2 aromatic rings. The van der Waals surface area contributed by atoms with E-state index in [0.29, 0.717) is 35.8 Å². The largest absolute Gasteiger partial charge is 0.478 e. The molecule has 4 saturated carbocycles. The van der Waals surface area contributed by atoms with Gasteiger partial charge in [0, 0.05) is 11.6 Å². The molecule has 5 aliphatic carbocycles. The van der Waals surface area contributed by atoms with E-state index in [4.69, 9.17) is 11.6 Å². The average Bonchev–Trinajstić information content (AvgIpc) is 3.46. The third-order valence-electron chi connectivity index (χ3n) is 15.2. The van der Waals surface area contributed by atoms with Gasteiger partial charge in [0.2, 0.25) is 5.91 Å². The maximum atomic E-state index is 14.1. The quantitative estimate of drug-likeness (QED) is 0.341. The number of carbonyl (C=O) groups excluding carboxylic acids is 1. The van der Waals surface area contributed by atoms with E-state index in [-0.39, 0.29) is 33.0 Å². The Morgan fingerprint density at radius 1 is 0.804 bits per heavy atom. The van der Waals surface area contributed by atoms with Crippen LogP contribution in [0.4, 0.5) is 0 Å². The van der Waals surface area contributed by atoms with Gasteiger partial charge in [-0.05, 0) is 144 Å². The van der Waals surface area contributed by atoms with E-state index in [1.165, 1.54) is 49.7 Å². The first-order valence-corrected chi connectivity index (χ1v) is 18.2. The Hall–Kier alpha value is -2.59. The van der Waals surface area contributed by atoms with Crippen LogP contribution in [-0.2, 0) is 11.3 Å². The standard InChI is InChI=1S/C41H52ClNO3/c1-37(2)30(27-10-12-28(13-11-27)35(44)45)18-21-38(3)33(37)19-22-40(5)34(38)17-16-31-32-7-6-20-41(32,24-23-39(31,40)4)36(46)43-25-26-8-14-29(42)15-9-26/h8-15,18,31-34H,6-7,16-17,19-25H2,1-5H3,(H,43,46)(H,44,45)/t31-,32-,33+,34-,38+,39-,40-,41+/m1/s1. The van der Waals surface area contributed by atoms with Crippen LogP contribution in [0.1, 0.15) is 120 Å². The van der Waals surface area contributed by atoms with E-state index in [9.17, 15) is 14.7 Å². The smallest absolute Gasteiger partial charge is 0.335 e. The summed E-state index contributed by atoms with van der Waals surface area (Å²) in [7, 11) is 0. The van der Waals surface area contributed by atoms with Crippen molar-refractivity contribution >= 4 is 29.1 Å². The van der Waals surface area contributed by atoms with Crippen molar-refractivity contribution in [3.63, 3.8) is 0 Å². The second kappa shape index (κ2) is 11.0. The van der Waals surface area contributed by atoms with Crippen molar-refractivity contribution in [3.05, 3.63) is 76.3 Å². The van der Waals surface area contributed by atoms with Crippen molar-refractivity contribution in [2.24, 2.45) is 50.7 Å². The summed E-state index contributed by atoms with van der Waals surface area (Å²) in [6, 6.07) is 15.4. The van der Waals surface area contributed by atoms with E-state index < -0.39 is 5.97 Å². The Morgan fingerprint density at radius 2 is 1.52 bits per heavy atom. The highest BCUT2D eigenvalue weighted by molar-refractivity contribution is 6.30. The van der Waals surface area contributed by atoms with Gasteiger partial charge in [0.1, 0.15) is 0 Å². The normalized spacial score (nSPS) is 39.2. The summed E-state index contributed by atoms with van der Waals surface area (Å²) < 4.78 is 0. The molecule has 8 atom stereocenters. The summed E-state index contributed by atoms with van der Waals surface area (Å²) in [6.45, 7) is 13.4. The van der Waals surface area contributed by atoms with Gasteiger partial charge in [-0.2, -0.15) is 0 Å². The van der Waals surface area contributed by atoms with E-state index >= 15 is 0 Å². The maximum Gasteiger partial charge on any atom is 0.335 e. The molecule has 0 heterocycles. The molecule has 4 fully saturated rings. The van der Waals surface area contributed by atoms with Gasteiger partial charge in [0.25, 0.3) is 0 Å². The van der Waals surface area contributed by atoms with Crippen LogP contribution in [0.2, 0.25) is 5.02 Å². The van der Waals surface area contributed by atoms with Crippen molar-refractivity contribution in [2.75, 3.05) is 0 Å². The van der Waals surface area contributed by atoms with E-state index in [1.807, 2.05) is 36.4 Å². The van der Waals surface area contributed by atoms with Gasteiger partial charge in [-0.1, -0.05) is 83.0 Å². The molecule has 0 aliphatic heterocycles. The van der Waals surface area contributed by atoms with Gasteiger partial charge in [-0.15, -0.1) is 0 Å². The summed E-state index contributed by atoms with van der Waals surface area (Å²) >= 11 is 6.10. The first-order chi connectivity index (χ1) is 21.8. The highest BCUT2D eigenvalue weighted by Gasteiger charge is 2.70. The van der Waals surface area contributed by atoms with Crippen LogP contribution in [-0.4, -0.2) is 17.0 Å². The zero-order valence-corrected chi connectivity index (χ0v) is 29.2. The van der Waals surface area contributed by atoms with Crippen molar-refractivity contribution in [3.8, 4) is 0 Å². The molecular formula is C41H52ClNO3. The highest BCUT2D eigenvalue weighted by Crippen LogP contribution is 2.77. The molecule has 5 heteroatoms. The number of fused-ring (bicyclic) bond motifs is 7.